The SMILES string of the molecule is NC(=O)c1cnc(Cl)nc1NCc1c(Cl)cccc1Cl. The number of carbonyl (C=O) groups is 1. The molecule has 1 amide bonds. The number of hydrogen-bond donors (Lipinski definition) is 2. The molecule has 0 aliphatic rings. The number of primary amides is 1. The van der Waals surface area contributed by atoms with Crippen LogP contribution in [0.15, 0.2) is 24.4 Å². The van der Waals surface area contributed by atoms with Crippen LogP contribution in [0.1, 0.15) is 15.9 Å². The number of rotatable bonds is 4. The molecule has 20 heavy (non-hydrogen) atoms. The first-order valence-electron chi connectivity index (χ1n) is 5.48. The summed E-state index contributed by atoms with van der Waals surface area (Å²) in [7, 11) is 0. The van der Waals surface area contributed by atoms with Crippen LogP contribution in [0.5, 0.6) is 0 Å². The molecular formula is C12H9Cl3N4O. The Bertz CT molecular complexity index is 643. The van der Waals surface area contributed by atoms with Crippen molar-refractivity contribution in [3.63, 3.8) is 0 Å². The van der Waals surface area contributed by atoms with Gasteiger partial charge in [0.25, 0.3) is 5.91 Å². The molecule has 1 aromatic carbocycles. The lowest BCUT2D eigenvalue weighted by molar-refractivity contribution is 0.100. The number of nitrogens with zero attached hydrogens (tertiary/aromatic N) is 2. The molecule has 2 aromatic rings. The van der Waals surface area contributed by atoms with Gasteiger partial charge in [0.15, 0.2) is 0 Å². The third kappa shape index (κ3) is 3.30. The molecule has 0 radical (unpaired) electrons. The Labute approximate surface area is 130 Å². The zero-order valence-electron chi connectivity index (χ0n) is 10.0. The van der Waals surface area contributed by atoms with Crippen LogP contribution in [0, 0.1) is 0 Å². The molecule has 0 unspecified atom stereocenters. The van der Waals surface area contributed by atoms with Gasteiger partial charge in [0, 0.05) is 28.4 Å². The lowest BCUT2D eigenvalue weighted by Gasteiger charge is -2.11. The summed E-state index contributed by atoms with van der Waals surface area (Å²) in [4.78, 5) is 18.9. The fourth-order valence-corrected chi connectivity index (χ4v) is 2.21. The van der Waals surface area contributed by atoms with E-state index in [0.717, 1.165) is 0 Å². The number of nitrogens with one attached hydrogen (secondary N) is 1. The van der Waals surface area contributed by atoms with Crippen molar-refractivity contribution in [1.82, 2.24) is 9.97 Å². The van der Waals surface area contributed by atoms with E-state index < -0.39 is 5.91 Å². The molecule has 0 saturated heterocycles. The lowest BCUT2D eigenvalue weighted by atomic mass is 10.2. The number of aromatic nitrogens is 2. The number of halogens is 3. The molecule has 8 heteroatoms. The van der Waals surface area contributed by atoms with Gasteiger partial charge >= 0.3 is 0 Å². The van der Waals surface area contributed by atoms with Crippen molar-refractivity contribution in [2.45, 2.75) is 6.54 Å². The maximum Gasteiger partial charge on any atom is 0.254 e. The van der Waals surface area contributed by atoms with E-state index in [-0.39, 0.29) is 23.2 Å². The van der Waals surface area contributed by atoms with Crippen molar-refractivity contribution in [1.29, 1.82) is 0 Å². The first-order chi connectivity index (χ1) is 9.49. The molecule has 0 saturated carbocycles. The third-order valence-electron chi connectivity index (χ3n) is 2.52. The maximum absolute atomic E-state index is 11.3. The minimum Gasteiger partial charge on any atom is -0.365 e. The Balaban J connectivity index is 2.27. The van der Waals surface area contributed by atoms with E-state index in [4.69, 9.17) is 40.5 Å². The molecule has 1 heterocycles. The van der Waals surface area contributed by atoms with Crippen LogP contribution in [0.2, 0.25) is 15.3 Å². The maximum atomic E-state index is 11.3. The number of nitrogens with two attached hydrogens (primary N) is 1. The highest BCUT2D eigenvalue weighted by molar-refractivity contribution is 6.36. The van der Waals surface area contributed by atoms with E-state index >= 15 is 0 Å². The smallest absolute Gasteiger partial charge is 0.254 e. The van der Waals surface area contributed by atoms with Crippen LogP contribution < -0.4 is 11.1 Å². The van der Waals surface area contributed by atoms with Gasteiger partial charge in [-0.15, -0.1) is 0 Å². The van der Waals surface area contributed by atoms with Crippen LogP contribution in [-0.4, -0.2) is 15.9 Å². The minimum atomic E-state index is -0.658. The normalized spacial score (nSPS) is 10.3. The van der Waals surface area contributed by atoms with E-state index in [1.54, 1.807) is 18.2 Å². The highest BCUT2D eigenvalue weighted by Crippen LogP contribution is 2.25. The summed E-state index contributed by atoms with van der Waals surface area (Å²) in [6.07, 6.45) is 1.26. The van der Waals surface area contributed by atoms with Gasteiger partial charge in [-0.25, -0.2) is 4.98 Å². The molecule has 5 nitrogen and oxygen atoms in total. The Kier molecular flexibility index (Phi) is 4.65. The highest BCUT2D eigenvalue weighted by Gasteiger charge is 2.12. The van der Waals surface area contributed by atoms with Crippen molar-refractivity contribution in [3.05, 3.63) is 50.9 Å². The second-order valence-corrected chi connectivity index (χ2v) is 4.97. The van der Waals surface area contributed by atoms with Crippen molar-refractivity contribution < 1.29 is 4.79 Å². The van der Waals surface area contributed by atoms with E-state index in [2.05, 4.69) is 15.3 Å². The summed E-state index contributed by atoms with van der Waals surface area (Å²) in [5.74, 6) is -0.428. The number of anilines is 1. The summed E-state index contributed by atoms with van der Waals surface area (Å²) in [6, 6.07) is 5.17. The molecule has 104 valence electrons. The van der Waals surface area contributed by atoms with Crippen LogP contribution in [0.4, 0.5) is 5.82 Å². The van der Waals surface area contributed by atoms with Crippen LogP contribution in [0.25, 0.3) is 0 Å². The molecule has 3 N–H and O–H groups in total. The molecule has 0 aliphatic carbocycles. The molecule has 0 bridgehead atoms. The minimum absolute atomic E-state index is 0.00255. The molecule has 0 aliphatic heterocycles. The topological polar surface area (TPSA) is 80.9 Å². The zero-order valence-corrected chi connectivity index (χ0v) is 12.3. The summed E-state index contributed by atoms with van der Waals surface area (Å²) >= 11 is 17.8. The summed E-state index contributed by atoms with van der Waals surface area (Å²) < 4.78 is 0. The predicted octanol–water partition coefficient (Wildman–Crippen LogP) is 3.15. The molecule has 1 aromatic heterocycles. The molecule has 0 atom stereocenters. The molecular weight excluding hydrogens is 323 g/mol. The Morgan fingerprint density at radius 3 is 2.50 bits per heavy atom. The van der Waals surface area contributed by atoms with Gasteiger partial charge < -0.3 is 11.1 Å². The fourth-order valence-electron chi connectivity index (χ4n) is 1.55. The number of hydrogen-bond acceptors (Lipinski definition) is 4. The van der Waals surface area contributed by atoms with Gasteiger partial charge in [-0.05, 0) is 23.7 Å². The average molecular weight is 332 g/mol. The Morgan fingerprint density at radius 1 is 1.25 bits per heavy atom. The third-order valence-corrected chi connectivity index (χ3v) is 3.41. The molecule has 0 fully saturated rings. The van der Waals surface area contributed by atoms with Gasteiger partial charge in [0.1, 0.15) is 5.82 Å². The first kappa shape index (κ1) is 14.8. The van der Waals surface area contributed by atoms with Crippen LogP contribution in [-0.2, 0) is 6.54 Å². The highest BCUT2D eigenvalue weighted by atomic mass is 35.5. The predicted molar refractivity (Wildman–Crippen MR) is 79.3 cm³/mol. The summed E-state index contributed by atoms with van der Waals surface area (Å²) in [5, 5.41) is 3.94. The summed E-state index contributed by atoms with van der Waals surface area (Å²) in [6.45, 7) is 0.270. The van der Waals surface area contributed by atoms with E-state index in [9.17, 15) is 4.79 Å². The largest absolute Gasteiger partial charge is 0.365 e. The van der Waals surface area contributed by atoms with Gasteiger partial charge in [0.05, 0.1) is 5.56 Å². The second kappa shape index (κ2) is 6.26. The van der Waals surface area contributed by atoms with Gasteiger partial charge in [-0.3, -0.25) is 4.79 Å². The van der Waals surface area contributed by atoms with Gasteiger partial charge in [-0.1, -0.05) is 29.3 Å². The molecule has 0 spiro atoms. The average Bonchev–Trinajstić information content (AvgIpc) is 2.37. The number of benzene rings is 1. The van der Waals surface area contributed by atoms with Crippen molar-refractivity contribution in [3.8, 4) is 0 Å². The Morgan fingerprint density at radius 2 is 1.90 bits per heavy atom. The quantitative estimate of drug-likeness (QED) is 0.843. The van der Waals surface area contributed by atoms with Gasteiger partial charge in [-0.2, -0.15) is 4.98 Å². The number of amides is 1. The first-order valence-corrected chi connectivity index (χ1v) is 6.61. The van der Waals surface area contributed by atoms with Crippen LogP contribution in [0.3, 0.4) is 0 Å². The monoisotopic (exact) mass is 330 g/mol. The molecule has 2 rings (SSSR count). The standard InChI is InChI=1S/C12H9Cl3N4O/c13-8-2-1-3-9(14)6(8)4-17-11-7(10(16)20)5-18-12(15)19-11/h1-3,5H,4H2,(H2,16,20)(H,17,18,19). The van der Waals surface area contributed by atoms with E-state index in [0.29, 0.717) is 15.6 Å². The van der Waals surface area contributed by atoms with Crippen LogP contribution >= 0.6 is 34.8 Å². The van der Waals surface area contributed by atoms with E-state index in [1.165, 1.54) is 6.20 Å². The van der Waals surface area contributed by atoms with Gasteiger partial charge in [0.2, 0.25) is 5.28 Å². The Hall–Kier alpha value is -1.56. The van der Waals surface area contributed by atoms with Crippen molar-refractivity contribution in [2.75, 3.05) is 5.32 Å². The summed E-state index contributed by atoms with van der Waals surface area (Å²) in [5.41, 5.74) is 6.06. The zero-order chi connectivity index (χ0) is 14.7. The second-order valence-electron chi connectivity index (χ2n) is 3.82. The lowest BCUT2D eigenvalue weighted by Crippen LogP contribution is -2.16. The van der Waals surface area contributed by atoms with Crippen molar-refractivity contribution >= 4 is 46.5 Å². The number of carbonyl (C=O) groups excluding carboxylic acids is 1. The van der Waals surface area contributed by atoms with Crippen molar-refractivity contribution in [2.24, 2.45) is 5.73 Å². The fraction of sp³-hybridized carbons (Fsp3) is 0.0833. The van der Waals surface area contributed by atoms with E-state index in [1.807, 2.05) is 0 Å².